The molecule has 5 nitrogen and oxygen atoms in total. The summed E-state index contributed by atoms with van der Waals surface area (Å²) in [6.07, 6.45) is -0.167. The van der Waals surface area contributed by atoms with Crippen molar-refractivity contribution in [1.82, 2.24) is 5.48 Å². The summed E-state index contributed by atoms with van der Waals surface area (Å²) in [7, 11) is 1.65. The quantitative estimate of drug-likeness (QED) is 0.394. The van der Waals surface area contributed by atoms with Crippen molar-refractivity contribution >= 4 is 0 Å². The van der Waals surface area contributed by atoms with E-state index in [-0.39, 0.29) is 6.10 Å². The fourth-order valence-electron chi connectivity index (χ4n) is 0.424. The monoisotopic (exact) mass is 135 g/mol. The molecule has 5 N–H and O–H groups in total. The molecule has 0 heterocycles. The zero-order valence-corrected chi connectivity index (χ0v) is 5.46. The van der Waals surface area contributed by atoms with E-state index in [4.69, 9.17) is 16.5 Å². The highest BCUT2D eigenvalue weighted by Crippen LogP contribution is 1.83. The number of hydrogen-bond acceptors (Lipinski definition) is 5. The van der Waals surface area contributed by atoms with E-state index in [2.05, 4.69) is 10.3 Å². The van der Waals surface area contributed by atoms with Gasteiger partial charge >= 0.3 is 0 Å². The summed E-state index contributed by atoms with van der Waals surface area (Å²) in [6, 6.07) is 0. The third-order valence-corrected chi connectivity index (χ3v) is 0.830. The Bertz CT molecular complexity index is 55.8. The first kappa shape index (κ1) is 8.80. The second-order valence-electron chi connectivity index (χ2n) is 1.51. The fraction of sp³-hybridized carbons (Fsp3) is 1.00. The Hall–Kier alpha value is -0.200. The Morgan fingerprint density at radius 2 is 2.33 bits per heavy atom. The predicted octanol–water partition coefficient (Wildman–Crippen LogP) is -1.64. The van der Waals surface area contributed by atoms with Gasteiger partial charge in [-0.25, -0.2) is 11.4 Å². The van der Waals surface area contributed by atoms with Crippen LogP contribution in [0.25, 0.3) is 0 Å². The van der Waals surface area contributed by atoms with E-state index in [0.717, 1.165) is 0 Å². The summed E-state index contributed by atoms with van der Waals surface area (Å²) < 4.78 is 0. The minimum Gasteiger partial charge on any atom is -0.328 e. The van der Waals surface area contributed by atoms with Crippen molar-refractivity contribution in [1.29, 1.82) is 0 Å². The van der Waals surface area contributed by atoms with Gasteiger partial charge in [-0.3, -0.25) is 4.84 Å². The standard InChI is InChI=1S/C4H13N3O2/c1-7-9-4(2-5)3-8-6/h4,7H,2-3,5-6H2,1H3/t4-/m1/s1. The first-order valence-corrected chi connectivity index (χ1v) is 2.69. The second kappa shape index (κ2) is 5.93. The van der Waals surface area contributed by atoms with Crippen LogP contribution in [0.2, 0.25) is 0 Å². The smallest absolute Gasteiger partial charge is 0.116 e. The molecule has 0 saturated heterocycles. The van der Waals surface area contributed by atoms with E-state index in [1.807, 2.05) is 0 Å². The highest BCUT2D eigenvalue weighted by molar-refractivity contribution is 4.53. The van der Waals surface area contributed by atoms with Crippen molar-refractivity contribution in [2.75, 3.05) is 20.2 Å². The highest BCUT2D eigenvalue weighted by atomic mass is 16.7. The van der Waals surface area contributed by atoms with E-state index in [1.165, 1.54) is 0 Å². The van der Waals surface area contributed by atoms with E-state index < -0.39 is 0 Å². The third-order valence-electron chi connectivity index (χ3n) is 0.830. The van der Waals surface area contributed by atoms with E-state index in [9.17, 15) is 0 Å². The number of hydrogen-bond donors (Lipinski definition) is 3. The molecule has 0 aliphatic carbocycles. The summed E-state index contributed by atoms with van der Waals surface area (Å²) in [5.41, 5.74) is 7.73. The number of rotatable bonds is 5. The SMILES string of the molecule is CNO[C@H](CN)CON. The van der Waals surface area contributed by atoms with Gasteiger partial charge in [-0.05, 0) is 0 Å². The van der Waals surface area contributed by atoms with Crippen LogP contribution in [0, 0.1) is 0 Å². The van der Waals surface area contributed by atoms with Gasteiger partial charge in [0, 0.05) is 13.6 Å². The lowest BCUT2D eigenvalue weighted by molar-refractivity contribution is -0.0545. The van der Waals surface area contributed by atoms with Crippen LogP contribution in [0.5, 0.6) is 0 Å². The summed E-state index contributed by atoms with van der Waals surface area (Å²) >= 11 is 0. The van der Waals surface area contributed by atoms with Gasteiger partial charge in [0.25, 0.3) is 0 Å². The minimum atomic E-state index is -0.167. The molecule has 9 heavy (non-hydrogen) atoms. The lowest BCUT2D eigenvalue weighted by Gasteiger charge is -2.11. The Kier molecular flexibility index (Phi) is 5.80. The predicted molar refractivity (Wildman–Crippen MR) is 33.1 cm³/mol. The molecule has 0 aliphatic rings. The molecule has 0 rings (SSSR count). The van der Waals surface area contributed by atoms with Gasteiger partial charge in [-0.15, -0.1) is 0 Å². The molecule has 0 radical (unpaired) electrons. The van der Waals surface area contributed by atoms with Crippen molar-refractivity contribution in [3.05, 3.63) is 0 Å². The van der Waals surface area contributed by atoms with Gasteiger partial charge < -0.3 is 10.6 Å². The van der Waals surface area contributed by atoms with Gasteiger partial charge in [-0.1, -0.05) is 0 Å². The number of hydroxylamine groups is 1. The maximum absolute atomic E-state index is 5.24. The van der Waals surface area contributed by atoms with E-state index in [1.54, 1.807) is 7.05 Å². The number of nitrogens with two attached hydrogens (primary N) is 2. The minimum absolute atomic E-state index is 0.167. The molecule has 5 heteroatoms. The molecule has 0 aliphatic heterocycles. The maximum atomic E-state index is 5.24. The van der Waals surface area contributed by atoms with Gasteiger partial charge in [0.2, 0.25) is 0 Å². The first-order chi connectivity index (χ1) is 4.35. The van der Waals surface area contributed by atoms with Crippen LogP contribution in [-0.4, -0.2) is 26.3 Å². The van der Waals surface area contributed by atoms with Crippen LogP contribution in [0.3, 0.4) is 0 Å². The summed E-state index contributed by atoms with van der Waals surface area (Å²) in [5.74, 6) is 4.77. The molecule has 0 aromatic rings. The lowest BCUT2D eigenvalue weighted by atomic mass is 10.4. The van der Waals surface area contributed by atoms with Gasteiger partial charge in [-0.2, -0.15) is 0 Å². The zero-order valence-electron chi connectivity index (χ0n) is 5.46. The normalized spacial score (nSPS) is 13.7. The van der Waals surface area contributed by atoms with Gasteiger partial charge in [0.05, 0.1) is 6.61 Å². The zero-order chi connectivity index (χ0) is 7.11. The topological polar surface area (TPSA) is 82.5 Å². The lowest BCUT2D eigenvalue weighted by Crippen LogP contribution is -2.33. The van der Waals surface area contributed by atoms with Crippen LogP contribution in [0.15, 0.2) is 0 Å². The van der Waals surface area contributed by atoms with Gasteiger partial charge in [0.1, 0.15) is 6.10 Å². The molecule has 0 saturated carbocycles. The molecule has 0 bridgehead atoms. The molecule has 1 atom stereocenters. The fourth-order valence-corrected chi connectivity index (χ4v) is 0.424. The van der Waals surface area contributed by atoms with Crippen LogP contribution >= 0.6 is 0 Å². The Balaban J connectivity index is 3.18. The molecule has 0 aromatic heterocycles. The maximum Gasteiger partial charge on any atom is 0.116 e. The van der Waals surface area contributed by atoms with Crippen molar-refractivity contribution in [3.8, 4) is 0 Å². The largest absolute Gasteiger partial charge is 0.328 e. The molecule has 0 fully saturated rings. The second-order valence-corrected chi connectivity index (χ2v) is 1.51. The van der Waals surface area contributed by atoms with Crippen molar-refractivity contribution in [2.24, 2.45) is 11.6 Å². The highest BCUT2D eigenvalue weighted by Gasteiger charge is 2.03. The first-order valence-electron chi connectivity index (χ1n) is 2.69. The average Bonchev–Trinajstić information content (AvgIpc) is 1.88. The molecule has 0 amide bonds. The van der Waals surface area contributed by atoms with Crippen LogP contribution in [0.4, 0.5) is 0 Å². The third kappa shape index (κ3) is 4.31. The Morgan fingerprint density at radius 3 is 2.67 bits per heavy atom. The Labute approximate surface area is 54.2 Å². The number of nitrogens with one attached hydrogen (secondary N) is 1. The summed E-state index contributed by atoms with van der Waals surface area (Å²) in [5, 5.41) is 0. The van der Waals surface area contributed by atoms with Crippen LogP contribution < -0.4 is 17.1 Å². The van der Waals surface area contributed by atoms with E-state index >= 15 is 0 Å². The molecular formula is C4H13N3O2. The van der Waals surface area contributed by atoms with Gasteiger partial charge in [0.15, 0.2) is 0 Å². The van der Waals surface area contributed by atoms with Crippen molar-refractivity contribution in [3.63, 3.8) is 0 Å². The average molecular weight is 135 g/mol. The van der Waals surface area contributed by atoms with E-state index in [0.29, 0.717) is 13.2 Å². The summed E-state index contributed by atoms with van der Waals surface area (Å²) in [4.78, 5) is 9.15. The molecule has 0 spiro atoms. The molecular weight excluding hydrogens is 122 g/mol. The molecule has 0 aromatic carbocycles. The molecule has 56 valence electrons. The van der Waals surface area contributed by atoms with Crippen molar-refractivity contribution < 1.29 is 9.68 Å². The van der Waals surface area contributed by atoms with Crippen molar-refractivity contribution in [2.45, 2.75) is 6.10 Å². The van der Waals surface area contributed by atoms with Crippen LogP contribution in [0.1, 0.15) is 0 Å². The molecule has 0 unspecified atom stereocenters. The summed E-state index contributed by atoms with van der Waals surface area (Å²) in [6.45, 7) is 0.690. The van der Waals surface area contributed by atoms with Crippen LogP contribution in [-0.2, 0) is 9.68 Å². The Morgan fingerprint density at radius 1 is 1.67 bits per heavy atom.